The number of carboxylic acid groups (broad SMARTS) is 1. The van der Waals surface area contributed by atoms with E-state index in [0.717, 1.165) is 38.5 Å². The molecule has 0 unspecified atom stereocenters. The van der Waals surface area contributed by atoms with Crippen molar-refractivity contribution in [1.82, 2.24) is 0 Å². The number of aliphatic carboxylic acids is 1. The van der Waals surface area contributed by atoms with Gasteiger partial charge in [-0.3, -0.25) is 9.59 Å². The van der Waals surface area contributed by atoms with E-state index in [9.17, 15) is 9.59 Å². The molecule has 206 valence electrons. The highest BCUT2D eigenvalue weighted by molar-refractivity contribution is 5.69. The molecule has 0 spiro atoms. The van der Waals surface area contributed by atoms with Crippen LogP contribution in [0.5, 0.6) is 0 Å². The molecule has 0 aliphatic carbocycles. The summed E-state index contributed by atoms with van der Waals surface area (Å²) < 4.78 is 5.38. The molecule has 0 aliphatic rings. The first-order chi connectivity index (χ1) is 17.2. The number of esters is 1. The zero-order valence-corrected chi connectivity index (χ0v) is 23.2. The van der Waals surface area contributed by atoms with Crippen molar-refractivity contribution in [2.24, 2.45) is 0 Å². The average molecular weight is 495 g/mol. The highest BCUT2D eigenvalue weighted by atomic mass is 16.5. The topological polar surface area (TPSA) is 63.6 Å². The third-order valence-electron chi connectivity index (χ3n) is 6.69. The summed E-state index contributed by atoms with van der Waals surface area (Å²) in [6.45, 7) is 2.84. The normalized spacial score (nSPS) is 11.3. The van der Waals surface area contributed by atoms with Crippen LogP contribution < -0.4 is 0 Å². The van der Waals surface area contributed by atoms with Gasteiger partial charge in [-0.2, -0.15) is 0 Å². The van der Waals surface area contributed by atoms with E-state index < -0.39 is 5.97 Å². The Kier molecular flexibility index (Phi) is 27.8. The number of carbonyl (C=O) groups is 2. The van der Waals surface area contributed by atoms with E-state index in [1.54, 1.807) is 0 Å². The molecule has 0 aromatic carbocycles. The van der Waals surface area contributed by atoms with Gasteiger partial charge in [0.2, 0.25) is 0 Å². The third kappa shape index (κ3) is 30.6. The Balaban J connectivity index is 3.20. The lowest BCUT2D eigenvalue weighted by atomic mass is 10.0. The number of allylic oxidation sites excluding steroid dienone is 2. The van der Waals surface area contributed by atoms with Gasteiger partial charge in [-0.15, -0.1) is 0 Å². The number of hydrogen-bond donors (Lipinski definition) is 1. The fourth-order valence-electron chi connectivity index (χ4n) is 4.39. The fourth-order valence-corrected chi connectivity index (χ4v) is 4.39. The molecule has 0 rings (SSSR count). The Morgan fingerprint density at radius 3 is 1.43 bits per heavy atom. The molecular weight excluding hydrogens is 436 g/mol. The molecule has 0 radical (unpaired) electrons. The molecule has 4 heteroatoms. The lowest BCUT2D eigenvalue weighted by Crippen LogP contribution is -2.05. The highest BCUT2D eigenvalue weighted by Crippen LogP contribution is 2.13. The molecule has 0 saturated carbocycles. The molecule has 0 aromatic rings. The van der Waals surface area contributed by atoms with Crippen LogP contribution in [0.1, 0.15) is 167 Å². The van der Waals surface area contributed by atoms with Gasteiger partial charge in [0, 0.05) is 12.8 Å². The van der Waals surface area contributed by atoms with Crippen molar-refractivity contribution in [2.45, 2.75) is 167 Å². The van der Waals surface area contributed by atoms with E-state index in [2.05, 4.69) is 19.1 Å². The summed E-state index contributed by atoms with van der Waals surface area (Å²) in [6.07, 6.45) is 33.4. The first kappa shape index (κ1) is 33.7. The minimum Gasteiger partial charge on any atom is -0.481 e. The van der Waals surface area contributed by atoms with Crippen molar-refractivity contribution in [1.29, 1.82) is 0 Å². The van der Waals surface area contributed by atoms with Crippen molar-refractivity contribution in [2.75, 3.05) is 6.61 Å². The summed E-state index contributed by atoms with van der Waals surface area (Å²) >= 11 is 0. The lowest BCUT2D eigenvalue weighted by Gasteiger charge is -2.05. The molecule has 0 amide bonds. The Labute approximate surface area is 217 Å². The first-order valence-corrected chi connectivity index (χ1v) is 15.2. The quantitative estimate of drug-likeness (QED) is 0.0667. The highest BCUT2D eigenvalue weighted by Gasteiger charge is 2.02. The van der Waals surface area contributed by atoms with Gasteiger partial charge in [0.15, 0.2) is 0 Å². The molecule has 0 aliphatic heterocycles. The van der Waals surface area contributed by atoms with Crippen LogP contribution in [0.25, 0.3) is 0 Å². The second-order valence-corrected chi connectivity index (χ2v) is 10.2. The summed E-state index contributed by atoms with van der Waals surface area (Å²) in [6, 6.07) is 0. The number of carbonyl (C=O) groups excluding carboxylic acids is 1. The van der Waals surface area contributed by atoms with Crippen molar-refractivity contribution >= 4 is 11.9 Å². The largest absolute Gasteiger partial charge is 0.481 e. The maximum absolute atomic E-state index is 11.8. The van der Waals surface area contributed by atoms with Crippen LogP contribution in [-0.2, 0) is 14.3 Å². The van der Waals surface area contributed by atoms with Crippen molar-refractivity contribution in [3.8, 4) is 0 Å². The average Bonchev–Trinajstić information content (AvgIpc) is 2.84. The fraction of sp³-hybridized carbons (Fsp3) is 0.871. The second kappa shape index (κ2) is 28.9. The monoisotopic (exact) mass is 494 g/mol. The number of hydrogen-bond acceptors (Lipinski definition) is 3. The van der Waals surface area contributed by atoms with Gasteiger partial charge in [-0.05, 0) is 44.9 Å². The van der Waals surface area contributed by atoms with Crippen LogP contribution in [0.4, 0.5) is 0 Å². The van der Waals surface area contributed by atoms with Crippen LogP contribution in [0, 0.1) is 0 Å². The maximum atomic E-state index is 11.8. The van der Waals surface area contributed by atoms with Gasteiger partial charge in [-0.25, -0.2) is 0 Å². The molecule has 0 bridgehead atoms. The summed E-state index contributed by atoms with van der Waals surface area (Å²) in [7, 11) is 0. The van der Waals surface area contributed by atoms with Gasteiger partial charge in [0.05, 0.1) is 6.61 Å². The molecule has 0 fully saturated rings. The number of unbranched alkanes of at least 4 members (excludes halogenated alkanes) is 20. The van der Waals surface area contributed by atoms with Crippen molar-refractivity contribution in [3.05, 3.63) is 12.2 Å². The molecular formula is C31H58O4. The van der Waals surface area contributed by atoms with Gasteiger partial charge >= 0.3 is 11.9 Å². The SMILES string of the molecule is CCCCCC/C=C\CCCCCCCC(=O)OCCCCCCCCCCCCCCC(=O)O. The van der Waals surface area contributed by atoms with Crippen LogP contribution in [0.3, 0.4) is 0 Å². The van der Waals surface area contributed by atoms with Crippen molar-refractivity contribution in [3.63, 3.8) is 0 Å². The van der Waals surface area contributed by atoms with E-state index in [1.165, 1.54) is 109 Å². The van der Waals surface area contributed by atoms with Crippen LogP contribution in [0.15, 0.2) is 12.2 Å². The van der Waals surface area contributed by atoms with Gasteiger partial charge < -0.3 is 9.84 Å². The molecule has 0 heterocycles. The van der Waals surface area contributed by atoms with Crippen LogP contribution in [-0.4, -0.2) is 23.7 Å². The van der Waals surface area contributed by atoms with Crippen LogP contribution >= 0.6 is 0 Å². The van der Waals surface area contributed by atoms with Crippen LogP contribution in [0.2, 0.25) is 0 Å². The molecule has 0 aromatic heterocycles. The summed E-state index contributed by atoms with van der Waals surface area (Å²) in [5.74, 6) is -0.689. The van der Waals surface area contributed by atoms with Gasteiger partial charge in [-0.1, -0.05) is 122 Å². The summed E-state index contributed by atoms with van der Waals surface area (Å²) in [5, 5.41) is 8.60. The summed E-state index contributed by atoms with van der Waals surface area (Å²) in [5.41, 5.74) is 0. The molecule has 1 N–H and O–H groups in total. The Morgan fingerprint density at radius 2 is 0.943 bits per heavy atom. The Bertz CT molecular complexity index is 486. The van der Waals surface area contributed by atoms with Gasteiger partial charge in [0.1, 0.15) is 0 Å². The zero-order chi connectivity index (χ0) is 25.7. The number of ether oxygens (including phenoxy) is 1. The molecule has 0 atom stereocenters. The smallest absolute Gasteiger partial charge is 0.305 e. The zero-order valence-electron chi connectivity index (χ0n) is 23.2. The third-order valence-corrected chi connectivity index (χ3v) is 6.69. The standard InChI is InChI=1S/C31H58O4/c1-2-3-4-5-6-7-8-9-13-16-19-22-25-28-31(34)35-29-26-23-20-17-14-11-10-12-15-18-21-24-27-30(32)33/h7-8H,2-6,9-29H2,1H3,(H,32,33)/b8-7-. The predicted octanol–water partition coefficient (Wildman–Crippen LogP) is 9.94. The van der Waals surface area contributed by atoms with E-state index in [0.29, 0.717) is 19.4 Å². The predicted molar refractivity (Wildman–Crippen MR) is 149 cm³/mol. The minimum atomic E-state index is -0.675. The number of carboxylic acids is 1. The van der Waals surface area contributed by atoms with E-state index >= 15 is 0 Å². The minimum absolute atomic E-state index is 0.0148. The number of rotatable bonds is 28. The van der Waals surface area contributed by atoms with Gasteiger partial charge in [0.25, 0.3) is 0 Å². The molecule has 0 saturated heterocycles. The van der Waals surface area contributed by atoms with E-state index in [4.69, 9.17) is 9.84 Å². The van der Waals surface area contributed by atoms with E-state index in [-0.39, 0.29) is 5.97 Å². The van der Waals surface area contributed by atoms with E-state index in [1.807, 2.05) is 0 Å². The second-order valence-electron chi connectivity index (χ2n) is 10.2. The van der Waals surface area contributed by atoms with Crippen molar-refractivity contribution < 1.29 is 19.4 Å². The first-order valence-electron chi connectivity index (χ1n) is 15.2. The maximum Gasteiger partial charge on any atom is 0.305 e. The Hall–Kier alpha value is -1.32. The lowest BCUT2D eigenvalue weighted by molar-refractivity contribution is -0.144. The molecule has 35 heavy (non-hydrogen) atoms. The Morgan fingerprint density at radius 1 is 0.543 bits per heavy atom. The summed E-state index contributed by atoms with van der Waals surface area (Å²) in [4.78, 5) is 22.3. The molecule has 4 nitrogen and oxygen atoms in total.